The summed E-state index contributed by atoms with van der Waals surface area (Å²) >= 11 is 0. The largest absolute Gasteiger partial charge is 0.497 e. The van der Waals surface area contributed by atoms with E-state index in [1.165, 1.54) is 40.7 Å². The van der Waals surface area contributed by atoms with Gasteiger partial charge in [0.1, 0.15) is 5.75 Å². The van der Waals surface area contributed by atoms with Crippen LogP contribution in [0.5, 0.6) is 5.75 Å². The lowest BCUT2D eigenvalue weighted by molar-refractivity contribution is 0.414. The molecule has 21 heavy (non-hydrogen) atoms. The topological polar surface area (TPSA) is 21.3 Å². The van der Waals surface area contributed by atoms with Gasteiger partial charge in [0.05, 0.1) is 7.11 Å². The van der Waals surface area contributed by atoms with Crippen LogP contribution in [-0.2, 0) is 6.54 Å². The molecule has 1 aliphatic rings. The summed E-state index contributed by atoms with van der Waals surface area (Å²) in [4.78, 5) is 0. The minimum absolute atomic E-state index is 0.758. The van der Waals surface area contributed by atoms with Crippen molar-refractivity contribution in [3.8, 4) is 16.9 Å². The maximum Gasteiger partial charge on any atom is 0.119 e. The lowest BCUT2D eigenvalue weighted by Gasteiger charge is -2.13. The second-order valence-electron chi connectivity index (χ2n) is 5.99. The Bertz CT molecular complexity index is 644. The summed E-state index contributed by atoms with van der Waals surface area (Å²) < 4.78 is 5.29. The van der Waals surface area contributed by atoms with Crippen molar-refractivity contribution >= 4 is 0 Å². The Morgan fingerprint density at radius 3 is 2.24 bits per heavy atom. The van der Waals surface area contributed by atoms with Crippen molar-refractivity contribution in [3.05, 3.63) is 53.1 Å². The zero-order valence-electron chi connectivity index (χ0n) is 13.1. The van der Waals surface area contributed by atoms with Crippen LogP contribution >= 0.6 is 0 Å². The smallest absolute Gasteiger partial charge is 0.119 e. The van der Waals surface area contributed by atoms with E-state index in [4.69, 9.17) is 4.74 Å². The molecule has 0 saturated heterocycles. The highest BCUT2D eigenvalue weighted by Crippen LogP contribution is 2.30. The van der Waals surface area contributed by atoms with E-state index in [9.17, 15) is 0 Å². The van der Waals surface area contributed by atoms with Gasteiger partial charge in [0.2, 0.25) is 0 Å². The standard InChI is InChI=1S/C19H23NO/c1-13-10-15(12-20-16-5-6-16)4-8-18(13)19-9-7-17(21-3)11-14(19)2/h4,7-11,16,20H,5-6,12H2,1-3H3. The Balaban J connectivity index is 1.84. The van der Waals surface area contributed by atoms with Crippen LogP contribution in [0.1, 0.15) is 29.5 Å². The van der Waals surface area contributed by atoms with E-state index in [0.717, 1.165) is 18.3 Å². The number of methoxy groups -OCH3 is 1. The fourth-order valence-electron chi connectivity index (χ4n) is 2.75. The quantitative estimate of drug-likeness (QED) is 0.885. The highest BCUT2D eigenvalue weighted by molar-refractivity contribution is 5.71. The third-order valence-electron chi connectivity index (χ3n) is 4.19. The molecule has 0 aromatic heterocycles. The molecule has 110 valence electrons. The highest BCUT2D eigenvalue weighted by atomic mass is 16.5. The molecule has 0 amide bonds. The maximum absolute atomic E-state index is 5.29. The van der Waals surface area contributed by atoms with Gasteiger partial charge in [-0.1, -0.05) is 24.3 Å². The minimum Gasteiger partial charge on any atom is -0.497 e. The number of aryl methyl sites for hydroxylation is 2. The van der Waals surface area contributed by atoms with Crippen LogP contribution in [0.15, 0.2) is 36.4 Å². The fraction of sp³-hybridized carbons (Fsp3) is 0.368. The van der Waals surface area contributed by atoms with E-state index in [1.54, 1.807) is 7.11 Å². The Hall–Kier alpha value is -1.80. The normalized spacial score (nSPS) is 14.2. The van der Waals surface area contributed by atoms with Gasteiger partial charge in [0, 0.05) is 12.6 Å². The molecule has 0 aliphatic heterocycles. The van der Waals surface area contributed by atoms with Crippen LogP contribution in [0.2, 0.25) is 0 Å². The van der Waals surface area contributed by atoms with E-state index >= 15 is 0 Å². The van der Waals surface area contributed by atoms with Gasteiger partial charge >= 0.3 is 0 Å². The van der Waals surface area contributed by atoms with Gasteiger partial charge in [-0.2, -0.15) is 0 Å². The first-order chi connectivity index (χ1) is 10.2. The van der Waals surface area contributed by atoms with Crippen molar-refractivity contribution in [3.63, 3.8) is 0 Å². The number of hydrogen-bond acceptors (Lipinski definition) is 2. The van der Waals surface area contributed by atoms with Gasteiger partial charge in [-0.15, -0.1) is 0 Å². The molecule has 0 spiro atoms. The number of rotatable bonds is 5. The average Bonchev–Trinajstić information content (AvgIpc) is 3.30. The summed E-state index contributed by atoms with van der Waals surface area (Å²) in [7, 11) is 1.71. The molecule has 2 nitrogen and oxygen atoms in total. The van der Waals surface area contributed by atoms with Gasteiger partial charge in [-0.25, -0.2) is 0 Å². The number of ether oxygens (including phenoxy) is 1. The van der Waals surface area contributed by atoms with Crippen LogP contribution < -0.4 is 10.1 Å². The third-order valence-corrected chi connectivity index (χ3v) is 4.19. The molecule has 2 aromatic carbocycles. The van der Waals surface area contributed by atoms with E-state index < -0.39 is 0 Å². The highest BCUT2D eigenvalue weighted by Gasteiger charge is 2.20. The molecule has 0 radical (unpaired) electrons. The molecule has 3 rings (SSSR count). The van der Waals surface area contributed by atoms with Crippen molar-refractivity contribution in [2.75, 3.05) is 7.11 Å². The molecule has 1 fully saturated rings. The van der Waals surface area contributed by atoms with Gasteiger partial charge in [-0.3, -0.25) is 0 Å². The van der Waals surface area contributed by atoms with Crippen molar-refractivity contribution in [2.45, 2.75) is 39.3 Å². The molecule has 2 aromatic rings. The molecular formula is C19H23NO. The van der Waals surface area contributed by atoms with Crippen LogP contribution in [0.4, 0.5) is 0 Å². The fourth-order valence-corrected chi connectivity index (χ4v) is 2.75. The Morgan fingerprint density at radius 1 is 1.00 bits per heavy atom. The lowest BCUT2D eigenvalue weighted by atomic mass is 9.95. The van der Waals surface area contributed by atoms with E-state index in [-0.39, 0.29) is 0 Å². The van der Waals surface area contributed by atoms with Crippen molar-refractivity contribution < 1.29 is 4.74 Å². The predicted octanol–water partition coefficient (Wildman–Crippen LogP) is 4.23. The summed E-state index contributed by atoms with van der Waals surface area (Å²) in [5, 5.41) is 3.57. The predicted molar refractivity (Wildman–Crippen MR) is 87.8 cm³/mol. The molecule has 0 heterocycles. The Kier molecular flexibility index (Phi) is 3.98. The minimum atomic E-state index is 0.758. The number of nitrogens with one attached hydrogen (secondary N) is 1. The average molecular weight is 281 g/mol. The monoisotopic (exact) mass is 281 g/mol. The van der Waals surface area contributed by atoms with Gasteiger partial charge < -0.3 is 10.1 Å². The maximum atomic E-state index is 5.29. The summed E-state index contributed by atoms with van der Waals surface area (Å²) in [6.45, 7) is 5.31. The lowest BCUT2D eigenvalue weighted by Crippen LogP contribution is -2.15. The molecule has 0 bridgehead atoms. The van der Waals surface area contributed by atoms with Gasteiger partial charge in [0.15, 0.2) is 0 Å². The van der Waals surface area contributed by atoms with Crippen LogP contribution in [0.25, 0.3) is 11.1 Å². The molecule has 1 N–H and O–H groups in total. The summed E-state index contributed by atoms with van der Waals surface area (Å²) in [6.07, 6.45) is 2.67. The Labute approximate surface area is 127 Å². The molecule has 0 atom stereocenters. The van der Waals surface area contributed by atoms with E-state index in [1.807, 2.05) is 6.07 Å². The molecule has 1 aliphatic carbocycles. The third kappa shape index (κ3) is 3.27. The number of hydrogen-bond donors (Lipinski definition) is 1. The van der Waals surface area contributed by atoms with Crippen molar-refractivity contribution in [1.82, 2.24) is 5.32 Å². The summed E-state index contributed by atoms with van der Waals surface area (Å²) in [6, 6.07) is 13.8. The van der Waals surface area contributed by atoms with Crippen LogP contribution in [0, 0.1) is 13.8 Å². The molecular weight excluding hydrogens is 258 g/mol. The Morgan fingerprint density at radius 2 is 1.67 bits per heavy atom. The zero-order chi connectivity index (χ0) is 14.8. The van der Waals surface area contributed by atoms with Crippen molar-refractivity contribution in [1.29, 1.82) is 0 Å². The first kappa shape index (κ1) is 14.2. The second kappa shape index (κ2) is 5.90. The van der Waals surface area contributed by atoms with E-state index in [2.05, 4.69) is 49.5 Å². The molecule has 2 heteroatoms. The summed E-state index contributed by atoms with van der Waals surface area (Å²) in [5.74, 6) is 0.916. The first-order valence-electron chi connectivity index (χ1n) is 7.65. The molecule has 1 saturated carbocycles. The van der Waals surface area contributed by atoms with E-state index in [0.29, 0.717) is 0 Å². The summed E-state index contributed by atoms with van der Waals surface area (Å²) in [5.41, 5.74) is 6.55. The number of benzene rings is 2. The SMILES string of the molecule is COc1ccc(-c2ccc(CNC3CC3)cc2C)c(C)c1. The van der Waals surface area contributed by atoms with Gasteiger partial charge in [0.25, 0.3) is 0 Å². The van der Waals surface area contributed by atoms with Gasteiger partial charge in [-0.05, 0) is 66.6 Å². The van der Waals surface area contributed by atoms with Crippen molar-refractivity contribution in [2.24, 2.45) is 0 Å². The molecule has 0 unspecified atom stereocenters. The first-order valence-corrected chi connectivity index (χ1v) is 7.65. The second-order valence-corrected chi connectivity index (χ2v) is 5.99. The zero-order valence-corrected chi connectivity index (χ0v) is 13.1. The van der Waals surface area contributed by atoms with Crippen LogP contribution in [-0.4, -0.2) is 13.2 Å². The van der Waals surface area contributed by atoms with Crippen LogP contribution in [0.3, 0.4) is 0 Å².